The molecule has 2 aromatic carbocycles. The van der Waals surface area contributed by atoms with Crippen LogP contribution in [0, 0.1) is 17.5 Å². The van der Waals surface area contributed by atoms with Crippen LogP contribution in [0.4, 0.5) is 13.2 Å². The fraction of sp³-hybridized carbons (Fsp3) is 0.452. The van der Waals surface area contributed by atoms with E-state index < -0.39 is 17.5 Å². The molecule has 1 N–H and O–H groups in total. The average Bonchev–Trinajstić information content (AvgIpc) is 3.41. The van der Waals surface area contributed by atoms with Crippen molar-refractivity contribution in [2.75, 3.05) is 0 Å². The lowest BCUT2D eigenvalue weighted by molar-refractivity contribution is 0.445. The van der Waals surface area contributed by atoms with Gasteiger partial charge in [0.25, 0.3) is 0 Å². The highest BCUT2D eigenvalue weighted by Gasteiger charge is 2.36. The molecule has 192 valence electrons. The van der Waals surface area contributed by atoms with Crippen LogP contribution >= 0.6 is 0 Å². The van der Waals surface area contributed by atoms with E-state index >= 15 is 4.39 Å². The van der Waals surface area contributed by atoms with Crippen LogP contribution in [0.25, 0.3) is 11.1 Å². The molecular weight excluding hydrogens is 457 g/mol. The zero-order valence-corrected chi connectivity index (χ0v) is 21.7. The fourth-order valence-electron chi connectivity index (χ4n) is 5.58. The monoisotopic (exact) mass is 494 g/mol. The lowest BCUT2D eigenvalue weighted by atomic mass is 9.84. The molecular formula is C31H37F3N2. The summed E-state index contributed by atoms with van der Waals surface area (Å²) in [5.41, 5.74) is 6.95. The third-order valence-corrected chi connectivity index (χ3v) is 7.51. The minimum atomic E-state index is -1.43. The van der Waals surface area contributed by atoms with Crippen molar-refractivity contribution in [1.29, 1.82) is 0 Å². The summed E-state index contributed by atoms with van der Waals surface area (Å²) in [7, 11) is 0. The number of H-pyrrole nitrogens is 1. The minimum Gasteiger partial charge on any atom is -0.282 e. The van der Waals surface area contributed by atoms with Crippen molar-refractivity contribution in [3.05, 3.63) is 87.5 Å². The van der Waals surface area contributed by atoms with Crippen LogP contribution in [0.2, 0.25) is 0 Å². The molecule has 36 heavy (non-hydrogen) atoms. The highest BCUT2D eigenvalue weighted by Crippen LogP contribution is 2.51. The van der Waals surface area contributed by atoms with Gasteiger partial charge in [-0.25, -0.2) is 13.2 Å². The molecule has 3 aromatic rings. The number of rotatable bonds is 12. The number of halogens is 3. The predicted octanol–water partition coefficient (Wildman–Crippen LogP) is 9.15. The lowest BCUT2D eigenvalue weighted by Crippen LogP contribution is -2.08. The van der Waals surface area contributed by atoms with E-state index in [1.54, 1.807) is 0 Å². The normalized spacial score (nSPS) is 15.1. The van der Waals surface area contributed by atoms with Gasteiger partial charge in [-0.05, 0) is 72.6 Å². The van der Waals surface area contributed by atoms with E-state index in [0.717, 1.165) is 66.3 Å². The predicted molar refractivity (Wildman–Crippen MR) is 141 cm³/mol. The van der Waals surface area contributed by atoms with Gasteiger partial charge >= 0.3 is 0 Å². The Morgan fingerprint density at radius 1 is 0.778 bits per heavy atom. The number of aryl methyl sites for hydroxylation is 1. The third kappa shape index (κ3) is 5.16. The van der Waals surface area contributed by atoms with E-state index in [1.807, 2.05) is 31.2 Å². The van der Waals surface area contributed by atoms with Crippen molar-refractivity contribution in [3.63, 3.8) is 0 Å². The summed E-state index contributed by atoms with van der Waals surface area (Å²) in [5.74, 6) is -4.07. The Morgan fingerprint density at radius 2 is 1.47 bits per heavy atom. The smallest absolute Gasteiger partial charge is 0.195 e. The molecule has 1 unspecified atom stereocenters. The molecule has 1 atom stereocenters. The molecule has 0 saturated carbocycles. The maximum atomic E-state index is 15.2. The topological polar surface area (TPSA) is 28.7 Å². The molecule has 2 nitrogen and oxygen atoms in total. The Hall–Kier alpha value is -2.82. The molecule has 4 rings (SSSR count). The summed E-state index contributed by atoms with van der Waals surface area (Å²) >= 11 is 0. The number of nitrogens with zero attached hydrogens (tertiary/aromatic N) is 1. The number of hydrogen-bond donors (Lipinski definition) is 1. The zero-order chi connectivity index (χ0) is 25.7. The Labute approximate surface area is 213 Å². The van der Waals surface area contributed by atoms with Gasteiger partial charge in [-0.2, -0.15) is 5.10 Å². The number of aromatic amines is 1. The van der Waals surface area contributed by atoms with Crippen LogP contribution in [0.3, 0.4) is 0 Å². The number of allylic oxidation sites excluding steroid dienone is 2. The van der Waals surface area contributed by atoms with Gasteiger partial charge in [-0.1, -0.05) is 76.6 Å². The molecule has 0 amide bonds. The third-order valence-electron chi connectivity index (χ3n) is 7.51. The molecule has 0 aliphatic heterocycles. The maximum absolute atomic E-state index is 15.2. The second-order valence-electron chi connectivity index (χ2n) is 9.97. The van der Waals surface area contributed by atoms with Crippen molar-refractivity contribution in [1.82, 2.24) is 10.2 Å². The number of nitrogens with one attached hydrogen (secondary N) is 1. The first-order valence-electron chi connectivity index (χ1n) is 13.5. The van der Waals surface area contributed by atoms with E-state index in [1.165, 1.54) is 43.7 Å². The molecule has 0 saturated heterocycles. The van der Waals surface area contributed by atoms with E-state index in [-0.39, 0.29) is 11.5 Å². The lowest BCUT2D eigenvalue weighted by Gasteiger charge is -2.19. The van der Waals surface area contributed by atoms with Crippen LogP contribution < -0.4 is 0 Å². The largest absolute Gasteiger partial charge is 0.282 e. The summed E-state index contributed by atoms with van der Waals surface area (Å²) in [6.07, 6.45) is 11.1. The van der Waals surface area contributed by atoms with E-state index in [9.17, 15) is 8.78 Å². The van der Waals surface area contributed by atoms with Crippen LogP contribution in [0.15, 0.2) is 36.4 Å². The molecule has 0 bridgehead atoms. The highest BCUT2D eigenvalue weighted by molar-refractivity contribution is 6.00. The van der Waals surface area contributed by atoms with Crippen molar-refractivity contribution >= 4 is 11.1 Å². The Morgan fingerprint density at radius 3 is 2.19 bits per heavy atom. The first kappa shape index (κ1) is 26.2. The number of unbranched alkanes of at least 4 members (excludes halogenated alkanes) is 6. The molecule has 0 radical (unpaired) electrons. The Bertz CT molecular complexity index is 1220. The average molecular weight is 495 g/mol. The molecule has 1 aliphatic carbocycles. The second kappa shape index (κ2) is 11.9. The Kier molecular flexibility index (Phi) is 8.71. The van der Waals surface area contributed by atoms with Crippen LogP contribution in [-0.4, -0.2) is 10.2 Å². The van der Waals surface area contributed by atoms with E-state index in [4.69, 9.17) is 5.10 Å². The fourth-order valence-corrected chi connectivity index (χ4v) is 5.58. The number of hydrogen-bond acceptors (Lipinski definition) is 1. The van der Waals surface area contributed by atoms with Gasteiger partial charge in [0.1, 0.15) is 0 Å². The first-order valence-corrected chi connectivity index (χ1v) is 13.5. The Balaban J connectivity index is 1.81. The van der Waals surface area contributed by atoms with Gasteiger partial charge < -0.3 is 0 Å². The summed E-state index contributed by atoms with van der Waals surface area (Å²) < 4.78 is 43.3. The SMILES string of the molecule is CCCCCCc1[nH]nc(C2C(c3ccc(F)c(F)c3F)=C(C)c3ccccc32)c1CCCCCC. The summed E-state index contributed by atoms with van der Waals surface area (Å²) in [6, 6.07) is 10.4. The van der Waals surface area contributed by atoms with Crippen LogP contribution in [0.5, 0.6) is 0 Å². The molecule has 5 heteroatoms. The number of aromatic nitrogens is 2. The summed E-state index contributed by atoms with van der Waals surface area (Å²) in [6.45, 7) is 6.35. The molecule has 1 heterocycles. The molecule has 0 spiro atoms. The number of benzene rings is 2. The summed E-state index contributed by atoms with van der Waals surface area (Å²) in [4.78, 5) is 0. The zero-order valence-electron chi connectivity index (χ0n) is 21.7. The second-order valence-corrected chi connectivity index (χ2v) is 9.97. The van der Waals surface area contributed by atoms with Crippen molar-refractivity contribution in [3.8, 4) is 0 Å². The highest BCUT2D eigenvalue weighted by atomic mass is 19.2. The number of fused-ring (bicyclic) bond motifs is 1. The van der Waals surface area contributed by atoms with Gasteiger partial charge in [0.2, 0.25) is 0 Å². The van der Waals surface area contributed by atoms with Crippen molar-refractivity contribution in [2.45, 2.75) is 90.9 Å². The van der Waals surface area contributed by atoms with Gasteiger partial charge in [0.05, 0.1) is 11.6 Å². The van der Waals surface area contributed by atoms with Gasteiger partial charge in [-0.15, -0.1) is 0 Å². The van der Waals surface area contributed by atoms with Gasteiger partial charge in [-0.3, -0.25) is 5.10 Å². The van der Waals surface area contributed by atoms with Crippen molar-refractivity contribution < 1.29 is 13.2 Å². The molecule has 0 fully saturated rings. The standard InChI is InChI=1S/C31H37F3N2/c1-4-6-8-10-16-23-26(17-11-9-7-5-2)35-36-31(23)28-22-15-13-12-14-21(22)20(3)27(28)24-18-19-25(32)30(34)29(24)33/h12-15,18-19,28H,4-11,16-17H2,1-3H3,(H,35,36). The first-order chi connectivity index (χ1) is 17.5. The summed E-state index contributed by atoms with van der Waals surface area (Å²) in [5, 5.41) is 8.15. The van der Waals surface area contributed by atoms with Crippen LogP contribution in [0.1, 0.15) is 112 Å². The van der Waals surface area contributed by atoms with E-state index in [2.05, 4.69) is 18.9 Å². The van der Waals surface area contributed by atoms with Crippen LogP contribution in [-0.2, 0) is 12.8 Å². The van der Waals surface area contributed by atoms with Gasteiger partial charge in [0.15, 0.2) is 17.5 Å². The van der Waals surface area contributed by atoms with Gasteiger partial charge in [0, 0.05) is 11.3 Å². The maximum Gasteiger partial charge on any atom is 0.195 e. The quantitative estimate of drug-likeness (QED) is 0.197. The van der Waals surface area contributed by atoms with Crippen molar-refractivity contribution in [2.24, 2.45) is 0 Å². The molecule has 1 aromatic heterocycles. The minimum absolute atomic E-state index is 0.108. The van der Waals surface area contributed by atoms with E-state index in [0.29, 0.717) is 5.57 Å². The molecule has 1 aliphatic rings.